The lowest BCUT2D eigenvalue weighted by Gasteiger charge is -2.34. The minimum absolute atomic E-state index is 0.0934. The number of hydrogen-bond acceptors (Lipinski definition) is 7. The molecule has 208 valence electrons. The lowest BCUT2D eigenvalue weighted by Crippen LogP contribution is -2.42. The number of rotatable bonds is 6. The quantitative estimate of drug-likeness (QED) is 0.247. The Morgan fingerprint density at radius 1 is 1.15 bits per heavy atom. The number of ether oxygens (including phenoxy) is 2. The van der Waals surface area contributed by atoms with E-state index < -0.39 is 11.5 Å². The van der Waals surface area contributed by atoms with Gasteiger partial charge in [-0.2, -0.15) is 4.39 Å². The maximum absolute atomic E-state index is 13.3. The van der Waals surface area contributed by atoms with Crippen molar-refractivity contribution in [1.82, 2.24) is 19.9 Å². The first-order chi connectivity index (χ1) is 19.1. The van der Waals surface area contributed by atoms with E-state index in [0.29, 0.717) is 35.4 Å². The van der Waals surface area contributed by atoms with E-state index in [2.05, 4.69) is 32.4 Å². The van der Waals surface area contributed by atoms with Crippen molar-refractivity contribution in [1.29, 1.82) is 0 Å². The molecule has 0 bridgehead atoms. The van der Waals surface area contributed by atoms with Crippen LogP contribution >= 0.6 is 11.6 Å². The van der Waals surface area contributed by atoms with Gasteiger partial charge in [0.1, 0.15) is 30.1 Å². The molecule has 8 nitrogen and oxygen atoms in total. The highest BCUT2D eigenvalue weighted by molar-refractivity contribution is 6.32. The second kappa shape index (κ2) is 11.6. The molecule has 1 N–H and O–H groups in total. The van der Waals surface area contributed by atoms with Crippen molar-refractivity contribution < 1.29 is 18.7 Å². The molecule has 40 heavy (non-hydrogen) atoms. The van der Waals surface area contributed by atoms with Gasteiger partial charge in [-0.05, 0) is 81.6 Å². The van der Waals surface area contributed by atoms with Crippen LogP contribution in [0.15, 0.2) is 60.9 Å². The van der Waals surface area contributed by atoms with E-state index in [9.17, 15) is 9.18 Å². The van der Waals surface area contributed by atoms with E-state index in [1.165, 1.54) is 12.4 Å². The number of piperidine rings is 1. The third-order valence-electron chi connectivity index (χ3n) is 6.55. The van der Waals surface area contributed by atoms with Gasteiger partial charge in [-0.1, -0.05) is 23.7 Å². The van der Waals surface area contributed by atoms with Crippen LogP contribution in [-0.4, -0.2) is 44.6 Å². The van der Waals surface area contributed by atoms with Crippen molar-refractivity contribution >= 4 is 40.1 Å². The number of anilines is 2. The molecule has 10 heteroatoms. The Bertz CT molecular complexity index is 1530. The summed E-state index contributed by atoms with van der Waals surface area (Å²) in [5.74, 6) is 0.716. The Balaban J connectivity index is 1.32. The Morgan fingerprint density at radius 3 is 2.77 bits per heavy atom. The van der Waals surface area contributed by atoms with Crippen molar-refractivity contribution in [2.24, 2.45) is 0 Å². The molecule has 0 radical (unpaired) electrons. The largest absolute Gasteiger partial charge is 0.486 e. The number of carbonyl (C=O) groups excluding carboxylic acids is 1. The van der Waals surface area contributed by atoms with Gasteiger partial charge in [0.2, 0.25) is 5.95 Å². The Hall–Kier alpha value is -3.98. The fourth-order valence-electron chi connectivity index (χ4n) is 4.68. The van der Waals surface area contributed by atoms with Crippen molar-refractivity contribution in [3.63, 3.8) is 0 Å². The molecule has 1 atom stereocenters. The van der Waals surface area contributed by atoms with Crippen molar-refractivity contribution in [3.05, 3.63) is 83.2 Å². The topological polar surface area (TPSA) is 89.5 Å². The summed E-state index contributed by atoms with van der Waals surface area (Å²) in [6, 6.07) is 16.0. The predicted molar refractivity (Wildman–Crippen MR) is 153 cm³/mol. The molecule has 0 aliphatic carbocycles. The summed E-state index contributed by atoms with van der Waals surface area (Å²) in [6.07, 6.45) is 3.12. The van der Waals surface area contributed by atoms with E-state index in [0.717, 1.165) is 35.0 Å². The number of benzene rings is 2. The average Bonchev–Trinajstić information content (AvgIpc) is 2.92. The zero-order chi connectivity index (χ0) is 28.3. The average molecular weight is 564 g/mol. The molecule has 2 aromatic heterocycles. The van der Waals surface area contributed by atoms with E-state index >= 15 is 0 Å². The number of amides is 1. The van der Waals surface area contributed by atoms with Gasteiger partial charge in [-0.25, -0.2) is 19.7 Å². The molecule has 1 aliphatic rings. The minimum atomic E-state index is -0.559. The molecule has 1 saturated heterocycles. The molecule has 0 saturated carbocycles. The molecule has 1 fully saturated rings. The van der Waals surface area contributed by atoms with E-state index in [-0.39, 0.29) is 18.6 Å². The van der Waals surface area contributed by atoms with Crippen molar-refractivity contribution in [3.8, 4) is 5.75 Å². The van der Waals surface area contributed by atoms with Gasteiger partial charge in [0.05, 0.1) is 16.2 Å². The Morgan fingerprint density at radius 2 is 2.00 bits per heavy atom. The summed E-state index contributed by atoms with van der Waals surface area (Å²) in [6.45, 7) is 7.01. The van der Waals surface area contributed by atoms with Gasteiger partial charge in [-0.3, -0.25) is 0 Å². The van der Waals surface area contributed by atoms with Gasteiger partial charge >= 0.3 is 6.09 Å². The monoisotopic (exact) mass is 563 g/mol. The minimum Gasteiger partial charge on any atom is -0.486 e. The molecule has 2 aromatic carbocycles. The van der Waals surface area contributed by atoms with Gasteiger partial charge in [-0.15, -0.1) is 0 Å². The first-order valence-electron chi connectivity index (χ1n) is 13.2. The van der Waals surface area contributed by atoms with Gasteiger partial charge in [0.15, 0.2) is 0 Å². The molecule has 1 amide bonds. The van der Waals surface area contributed by atoms with Crippen molar-refractivity contribution in [2.45, 2.75) is 51.7 Å². The summed E-state index contributed by atoms with van der Waals surface area (Å²) < 4.78 is 24.7. The lowest BCUT2D eigenvalue weighted by molar-refractivity contribution is 0.0198. The van der Waals surface area contributed by atoms with Gasteiger partial charge in [0, 0.05) is 30.1 Å². The van der Waals surface area contributed by atoms with Crippen LogP contribution in [0, 0.1) is 5.95 Å². The second-order valence-corrected chi connectivity index (χ2v) is 11.2. The lowest BCUT2D eigenvalue weighted by atomic mass is 9.90. The van der Waals surface area contributed by atoms with Gasteiger partial charge in [0.25, 0.3) is 0 Å². The van der Waals surface area contributed by atoms with E-state index in [1.54, 1.807) is 29.2 Å². The normalized spacial score (nSPS) is 15.6. The third-order valence-corrected chi connectivity index (χ3v) is 6.84. The van der Waals surface area contributed by atoms with Crippen LogP contribution in [0.25, 0.3) is 10.9 Å². The first-order valence-corrected chi connectivity index (χ1v) is 13.6. The number of nitrogens with zero attached hydrogens (tertiary/aromatic N) is 4. The zero-order valence-corrected chi connectivity index (χ0v) is 23.4. The van der Waals surface area contributed by atoms with Crippen molar-refractivity contribution in [2.75, 3.05) is 18.4 Å². The maximum atomic E-state index is 13.3. The SMILES string of the molecule is CC(C)(C)OC(=O)N1CCCC(c2ccc3ncnc(Nc4ccc(OCc5cccc(F)n5)c(Cl)c4)c3c2)C1. The number of likely N-dealkylation sites (tertiary alicyclic amines) is 1. The van der Waals surface area contributed by atoms with Crippen LogP contribution < -0.4 is 10.1 Å². The van der Waals surface area contributed by atoms with Crippen LogP contribution in [0.1, 0.15) is 50.8 Å². The predicted octanol–water partition coefficient (Wildman–Crippen LogP) is 7.25. The highest BCUT2D eigenvalue weighted by Gasteiger charge is 2.28. The molecule has 4 aromatic rings. The van der Waals surface area contributed by atoms with Crippen LogP contribution in [0.3, 0.4) is 0 Å². The van der Waals surface area contributed by atoms with Crippen LogP contribution in [0.2, 0.25) is 5.02 Å². The van der Waals surface area contributed by atoms with Gasteiger partial charge < -0.3 is 19.7 Å². The second-order valence-electron chi connectivity index (χ2n) is 10.8. The Labute approximate surface area is 237 Å². The number of aromatic nitrogens is 3. The highest BCUT2D eigenvalue weighted by atomic mass is 35.5. The smallest absolute Gasteiger partial charge is 0.410 e. The summed E-state index contributed by atoms with van der Waals surface area (Å²) in [5.41, 5.74) is 2.58. The molecular weight excluding hydrogens is 533 g/mol. The number of pyridine rings is 1. The fraction of sp³-hybridized carbons (Fsp3) is 0.333. The fourth-order valence-corrected chi connectivity index (χ4v) is 4.92. The number of hydrogen-bond donors (Lipinski definition) is 1. The van der Waals surface area contributed by atoms with Crippen LogP contribution in [0.4, 0.5) is 20.7 Å². The molecule has 5 rings (SSSR count). The molecule has 0 spiro atoms. The number of carbonyl (C=O) groups is 1. The molecular formula is C30H31ClFN5O3. The molecule has 1 aliphatic heterocycles. The zero-order valence-electron chi connectivity index (χ0n) is 22.7. The number of halogens is 2. The highest BCUT2D eigenvalue weighted by Crippen LogP contribution is 2.34. The molecule has 3 heterocycles. The summed E-state index contributed by atoms with van der Waals surface area (Å²) in [7, 11) is 0. The number of nitrogens with one attached hydrogen (secondary N) is 1. The van der Waals surface area contributed by atoms with Crippen LogP contribution in [-0.2, 0) is 11.3 Å². The van der Waals surface area contributed by atoms with E-state index in [1.807, 2.05) is 32.9 Å². The van der Waals surface area contributed by atoms with E-state index in [4.69, 9.17) is 21.1 Å². The number of fused-ring (bicyclic) bond motifs is 1. The summed E-state index contributed by atoms with van der Waals surface area (Å²) >= 11 is 6.48. The Kier molecular flexibility index (Phi) is 8.02. The standard InChI is InChI=1S/C30H31ClFN5O3/c1-30(2,3)40-29(38)37-13-5-6-20(16-37)19-9-11-25-23(14-19)28(34-18-33-25)36-21-10-12-26(24(31)15-21)39-17-22-7-4-8-27(32)35-22/h4,7-12,14-15,18,20H,5-6,13,16-17H2,1-3H3,(H,33,34,36). The first kappa shape index (κ1) is 27.6. The summed E-state index contributed by atoms with van der Waals surface area (Å²) in [5, 5.41) is 4.60. The molecule has 1 unspecified atom stereocenters. The summed E-state index contributed by atoms with van der Waals surface area (Å²) in [4.78, 5) is 27.2. The maximum Gasteiger partial charge on any atom is 0.410 e. The van der Waals surface area contributed by atoms with Crippen LogP contribution in [0.5, 0.6) is 5.75 Å². The third kappa shape index (κ3) is 6.77.